The zero-order valence-corrected chi connectivity index (χ0v) is 12.8. The number of hydrogen-bond donors (Lipinski definition) is 0. The quantitative estimate of drug-likeness (QED) is 0.595. The maximum absolute atomic E-state index is 3.51. The monoisotopic (exact) mass is 331 g/mol. The van der Waals surface area contributed by atoms with Gasteiger partial charge in [-0.1, -0.05) is 34.1 Å². The molecule has 0 spiro atoms. The van der Waals surface area contributed by atoms with E-state index in [-0.39, 0.29) is 0 Å². The van der Waals surface area contributed by atoms with Crippen molar-refractivity contribution < 1.29 is 0 Å². The number of hydrogen-bond acceptors (Lipinski definition) is 1. The van der Waals surface area contributed by atoms with Crippen LogP contribution in [0.15, 0.2) is 70.2 Å². The molecule has 0 unspecified atom stereocenters. The SMILES string of the molecule is Brc1ccc2c(ccn2CCSc2ccccc2)c1. The second-order valence-electron chi connectivity index (χ2n) is 4.37. The predicted molar refractivity (Wildman–Crippen MR) is 86.8 cm³/mol. The molecule has 96 valence electrons. The zero-order valence-electron chi connectivity index (χ0n) is 10.4. The molecule has 0 aliphatic rings. The number of halogens is 1. The van der Waals surface area contributed by atoms with Crippen LogP contribution in [0, 0.1) is 0 Å². The molecular weight excluding hydrogens is 318 g/mol. The van der Waals surface area contributed by atoms with Crippen LogP contribution < -0.4 is 0 Å². The summed E-state index contributed by atoms with van der Waals surface area (Å²) in [5.74, 6) is 1.09. The van der Waals surface area contributed by atoms with Crippen LogP contribution in [0.1, 0.15) is 0 Å². The predicted octanol–water partition coefficient (Wildman–Crippen LogP) is 5.20. The fourth-order valence-electron chi connectivity index (χ4n) is 2.14. The molecule has 3 aromatic rings. The summed E-state index contributed by atoms with van der Waals surface area (Å²) in [5, 5.41) is 1.29. The van der Waals surface area contributed by atoms with E-state index in [0.717, 1.165) is 16.8 Å². The van der Waals surface area contributed by atoms with Gasteiger partial charge in [0.05, 0.1) is 0 Å². The average Bonchev–Trinajstić information content (AvgIpc) is 2.82. The zero-order chi connectivity index (χ0) is 13.1. The fraction of sp³-hybridized carbons (Fsp3) is 0.125. The van der Waals surface area contributed by atoms with E-state index in [1.54, 1.807) is 0 Å². The van der Waals surface area contributed by atoms with Gasteiger partial charge in [0.25, 0.3) is 0 Å². The number of aryl methyl sites for hydroxylation is 1. The molecule has 1 aromatic heterocycles. The minimum Gasteiger partial charge on any atom is -0.347 e. The molecule has 0 N–H and O–H groups in total. The van der Waals surface area contributed by atoms with Gasteiger partial charge in [0, 0.05) is 38.8 Å². The highest BCUT2D eigenvalue weighted by Crippen LogP contribution is 2.22. The van der Waals surface area contributed by atoms with Gasteiger partial charge in [-0.25, -0.2) is 0 Å². The van der Waals surface area contributed by atoms with E-state index in [4.69, 9.17) is 0 Å². The average molecular weight is 332 g/mol. The Labute approximate surface area is 125 Å². The molecular formula is C16H14BrNS. The summed E-state index contributed by atoms with van der Waals surface area (Å²) < 4.78 is 3.45. The Morgan fingerprint density at radius 1 is 1.00 bits per heavy atom. The van der Waals surface area contributed by atoms with Crippen molar-refractivity contribution in [2.45, 2.75) is 11.4 Å². The third kappa shape index (κ3) is 3.04. The molecule has 0 saturated heterocycles. The first kappa shape index (κ1) is 12.8. The number of aromatic nitrogens is 1. The van der Waals surface area contributed by atoms with E-state index < -0.39 is 0 Å². The van der Waals surface area contributed by atoms with Gasteiger partial charge >= 0.3 is 0 Å². The van der Waals surface area contributed by atoms with Crippen LogP contribution in [-0.4, -0.2) is 10.3 Å². The largest absolute Gasteiger partial charge is 0.347 e. The molecule has 0 bridgehead atoms. The first-order valence-electron chi connectivity index (χ1n) is 6.25. The third-order valence-corrected chi connectivity index (χ3v) is 4.56. The lowest BCUT2D eigenvalue weighted by Crippen LogP contribution is -1.98. The molecule has 1 nitrogen and oxygen atoms in total. The summed E-state index contributed by atoms with van der Waals surface area (Å²) >= 11 is 5.41. The highest BCUT2D eigenvalue weighted by atomic mass is 79.9. The summed E-state index contributed by atoms with van der Waals surface area (Å²) in [4.78, 5) is 1.33. The number of rotatable bonds is 4. The van der Waals surface area contributed by atoms with Crippen LogP contribution in [0.4, 0.5) is 0 Å². The topological polar surface area (TPSA) is 4.93 Å². The summed E-state index contributed by atoms with van der Waals surface area (Å²) in [7, 11) is 0. The van der Waals surface area contributed by atoms with Crippen molar-refractivity contribution >= 4 is 38.6 Å². The smallest absolute Gasteiger partial charge is 0.0481 e. The minimum absolute atomic E-state index is 1.03. The van der Waals surface area contributed by atoms with E-state index >= 15 is 0 Å². The van der Waals surface area contributed by atoms with Gasteiger partial charge in [-0.05, 0) is 36.4 Å². The maximum atomic E-state index is 3.51. The van der Waals surface area contributed by atoms with Gasteiger partial charge in [-0.2, -0.15) is 0 Å². The Kier molecular flexibility index (Phi) is 3.95. The van der Waals surface area contributed by atoms with E-state index in [1.165, 1.54) is 15.8 Å². The first-order chi connectivity index (χ1) is 9.33. The van der Waals surface area contributed by atoms with Gasteiger partial charge in [-0.3, -0.25) is 0 Å². The molecule has 0 aliphatic carbocycles. The van der Waals surface area contributed by atoms with Gasteiger partial charge in [0.1, 0.15) is 0 Å². The van der Waals surface area contributed by atoms with Gasteiger partial charge in [-0.15, -0.1) is 11.8 Å². The fourth-order valence-corrected chi connectivity index (χ4v) is 3.40. The Morgan fingerprint density at radius 3 is 2.68 bits per heavy atom. The lowest BCUT2D eigenvalue weighted by atomic mass is 10.2. The Hall–Kier alpha value is -1.19. The normalized spacial score (nSPS) is 11.0. The highest BCUT2D eigenvalue weighted by Gasteiger charge is 2.01. The van der Waals surface area contributed by atoms with Crippen LogP contribution in [0.25, 0.3) is 10.9 Å². The van der Waals surface area contributed by atoms with Gasteiger partial charge < -0.3 is 4.57 Å². The molecule has 0 atom stereocenters. The Bertz CT molecular complexity index is 676. The Balaban J connectivity index is 1.69. The summed E-state index contributed by atoms with van der Waals surface area (Å²) in [5.41, 5.74) is 1.30. The second kappa shape index (κ2) is 5.85. The highest BCUT2D eigenvalue weighted by molar-refractivity contribution is 9.10. The molecule has 3 heteroatoms. The van der Waals surface area contributed by atoms with Crippen molar-refractivity contribution in [3.63, 3.8) is 0 Å². The maximum Gasteiger partial charge on any atom is 0.0481 e. The van der Waals surface area contributed by atoms with Crippen molar-refractivity contribution in [1.29, 1.82) is 0 Å². The van der Waals surface area contributed by atoms with Gasteiger partial charge in [0.15, 0.2) is 0 Å². The van der Waals surface area contributed by atoms with E-state index in [1.807, 2.05) is 11.8 Å². The molecule has 0 saturated carbocycles. The van der Waals surface area contributed by atoms with Gasteiger partial charge in [0.2, 0.25) is 0 Å². The summed E-state index contributed by atoms with van der Waals surface area (Å²) in [6.45, 7) is 1.03. The van der Waals surface area contributed by atoms with Crippen LogP contribution in [0.5, 0.6) is 0 Å². The molecule has 0 amide bonds. The minimum atomic E-state index is 1.03. The van der Waals surface area contributed by atoms with Crippen molar-refractivity contribution in [3.05, 3.63) is 65.3 Å². The van der Waals surface area contributed by atoms with E-state index in [0.29, 0.717) is 0 Å². The standard InChI is InChI=1S/C16H14BrNS/c17-14-6-7-16-13(12-14)8-9-18(16)10-11-19-15-4-2-1-3-5-15/h1-9,12H,10-11H2. The van der Waals surface area contributed by atoms with Crippen LogP contribution >= 0.6 is 27.7 Å². The number of benzene rings is 2. The van der Waals surface area contributed by atoms with Crippen LogP contribution in [-0.2, 0) is 6.54 Å². The molecule has 3 rings (SSSR count). The molecule has 0 aliphatic heterocycles. The van der Waals surface area contributed by atoms with Crippen molar-refractivity contribution in [3.8, 4) is 0 Å². The van der Waals surface area contributed by atoms with E-state index in [2.05, 4.69) is 81.3 Å². The van der Waals surface area contributed by atoms with Crippen molar-refractivity contribution in [2.75, 3.05) is 5.75 Å². The summed E-state index contributed by atoms with van der Waals surface area (Å²) in [6, 6.07) is 19.2. The van der Waals surface area contributed by atoms with E-state index in [9.17, 15) is 0 Å². The molecule has 19 heavy (non-hydrogen) atoms. The van der Waals surface area contributed by atoms with Crippen molar-refractivity contribution in [1.82, 2.24) is 4.57 Å². The third-order valence-electron chi connectivity index (χ3n) is 3.08. The number of nitrogens with zero attached hydrogens (tertiary/aromatic N) is 1. The Morgan fingerprint density at radius 2 is 1.84 bits per heavy atom. The summed E-state index contributed by atoms with van der Waals surface area (Å²) in [6.07, 6.45) is 2.17. The van der Waals surface area contributed by atoms with Crippen molar-refractivity contribution in [2.24, 2.45) is 0 Å². The second-order valence-corrected chi connectivity index (χ2v) is 6.46. The lowest BCUT2D eigenvalue weighted by Gasteiger charge is -2.05. The van der Waals surface area contributed by atoms with Crippen LogP contribution in [0.3, 0.4) is 0 Å². The number of fused-ring (bicyclic) bond motifs is 1. The van der Waals surface area contributed by atoms with Crippen LogP contribution in [0.2, 0.25) is 0 Å². The first-order valence-corrected chi connectivity index (χ1v) is 8.03. The molecule has 0 fully saturated rings. The molecule has 0 radical (unpaired) electrons. The molecule has 2 aromatic carbocycles. The molecule has 1 heterocycles. The lowest BCUT2D eigenvalue weighted by molar-refractivity contribution is 0.807. The number of thioether (sulfide) groups is 1.